The molecule has 124 valence electrons. The SMILES string of the molecule is CCCCCCC(O)C/C=C\CC(=O)N(CCO)CCO. The minimum Gasteiger partial charge on any atom is -0.395 e. The van der Waals surface area contributed by atoms with Gasteiger partial charge in [0.15, 0.2) is 0 Å². The van der Waals surface area contributed by atoms with Crippen LogP contribution in [0.4, 0.5) is 0 Å². The van der Waals surface area contributed by atoms with Gasteiger partial charge in [0.2, 0.25) is 5.91 Å². The third-order valence-corrected chi connectivity index (χ3v) is 3.35. The van der Waals surface area contributed by atoms with Crippen LogP contribution >= 0.6 is 0 Å². The molecular weight excluding hydrogens is 270 g/mol. The number of rotatable bonds is 13. The summed E-state index contributed by atoms with van der Waals surface area (Å²) in [7, 11) is 0. The standard InChI is InChI=1S/C16H31NO4/c1-2-3-4-5-8-15(20)9-6-7-10-16(21)17(11-13-18)12-14-19/h6-7,15,18-20H,2-5,8-14H2,1H3/b7-6-. The van der Waals surface area contributed by atoms with Crippen molar-refractivity contribution in [3.05, 3.63) is 12.2 Å². The first-order valence-corrected chi connectivity index (χ1v) is 7.98. The molecule has 0 aliphatic heterocycles. The van der Waals surface area contributed by atoms with Gasteiger partial charge in [0, 0.05) is 19.5 Å². The molecule has 1 amide bonds. The lowest BCUT2D eigenvalue weighted by molar-refractivity contribution is -0.131. The van der Waals surface area contributed by atoms with E-state index in [1.807, 2.05) is 6.08 Å². The number of unbranched alkanes of at least 4 members (excludes halogenated alkanes) is 3. The zero-order valence-corrected chi connectivity index (χ0v) is 13.2. The molecule has 1 unspecified atom stereocenters. The van der Waals surface area contributed by atoms with Crippen LogP contribution in [0.5, 0.6) is 0 Å². The van der Waals surface area contributed by atoms with Crippen LogP contribution in [0.3, 0.4) is 0 Å². The lowest BCUT2D eigenvalue weighted by Crippen LogP contribution is -2.35. The number of hydrogen-bond acceptors (Lipinski definition) is 4. The molecule has 5 heteroatoms. The first-order valence-electron chi connectivity index (χ1n) is 7.98. The van der Waals surface area contributed by atoms with E-state index in [-0.39, 0.29) is 44.7 Å². The van der Waals surface area contributed by atoms with E-state index in [2.05, 4.69) is 6.92 Å². The van der Waals surface area contributed by atoms with Crippen molar-refractivity contribution in [2.45, 2.75) is 58.0 Å². The number of nitrogens with zero attached hydrogens (tertiary/aromatic N) is 1. The third kappa shape index (κ3) is 11.4. The van der Waals surface area contributed by atoms with E-state index in [0.29, 0.717) is 6.42 Å². The summed E-state index contributed by atoms with van der Waals surface area (Å²) in [5.74, 6) is -0.119. The van der Waals surface area contributed by atoms with Crippen LogP contribution in [0.25, 0.3) is 0 Å². The second kappa shape index (κ2) is 14.0. The molecule has 0 fully saturated rings. The van der Waals surface area contributed by atoms with Gasteiger partial charge >= 0.3 is 0 Å². The molecule has 0 aromatic carbocycles. The van der Waals surface area contributed by atoms with E-state index in [9.17, 15) is 9.90 Å². The van der Waals surface area contributed by atoms with E-state index in [4.69, 9.17) is 10.2 Å². The monoisotopic (exact) mass is 301 g/mol. The van der Waals surface area contributed by atoms with Crippen LogP contribution in [0, 0.1) is 0 Å². The molecule has 5 nitrogen and oxygen atoms in total. The molecule has 1 atom stereocenters. The number of aliphatic hydroxyl groups is 3. The van der Waals surface area contributed by atoms with Gasteiger partial charge in [-0.2, -0.15) is 0 Å². The van der Waals surface area contributed by atoms with Crippen LogP contribution in [-0.2, 0) is 4.79 Å². The predicted molar refractivity (Wildman–Crippen MR) is 83.9 cm³/mol. The summed E-state index contributed by atoms with van der Waals surface area (Å²) < 4.78 is 0. The third-order valence-electron chi connectivity index (χ3n) is 3.35. The summed E-state index contributed by atoms with van der Waals surface area (Å²) in [5.41, 5.74) is 0. The molecule has 0 heterocycles. The number of carbonyl (C=O) groups excluding carboxylic acids is 1. The molecule has 0 aromatic rings. The summed E-state index contributed by atoms with van der Waals surface area (Å²) in [6.45, 7) is 2.44. The average molecular weight is 301 g/mol. The molecule has 0 spiro atoms. The van der Waals surface area contributed by atoms with Crippen LogP contribution in [0.1, 0.15) is 51.9 Å². The molecule has 0 bridgehead atoms. The van der Waals surface area contributed by atoms with E-state index < -0.39 is 0 Å². The predicted octanol–water partition coefficient (Wildman–Crippen LogP) is 1.47. The highest BCUT2D eigenvalue weighted by Crippen LogP contribution is 2.08. The van der Waals surface area contributed by atoms with Gasteiger partial charge in [0.05, 0.1) is 19.3 Å². The second-order valence-corrected chi connectivity index (χ2v) is 5.24. The summed E-state index contributed by atoms with van der Waals surface area (Å²) in [6.07, 6.45) is 9.47. The molecule has 0 rings (SSSR count). The first-order chi connectivity index (χ1) is 10.2. The maximum absolute atomic E-state index is 11.8. The molecule has 21 heavy (non-hydrogen) atoms. The van der Waals surface area contributed by atoms with E-state index >= 15 is 0 Å². The Labute approximate surface area is 128 Å². The second-order valence-electron chi connectivity index (χ2n) is 5.24. The van der Waals surface area contributed by atoms with Gasteiger partial charge in [-0.25, -0.2) is 0 Å². The van der Waals surface area contributed by atoms with Crippen LogP contribution in [0.15, 0.2) is 12.2 Å². The maximum atomic E-state index is 11.8. The Morgan fingerprint density at radius 3 is 2.33 bits per heavy atom. The van der Waals surface area contributed by atoms with Gasteiger partial charge in [-0.3, -0.25) is 4.79 Å². The highest BCUT2D eigenvalue weighted by atomic mass is 16.3. The zero-order chi connectivity index (χ0) is 15.9. The van der Waals surface area contributed by atoms with Crippen molar-refractivity contribution >= 4 is 5.91 Å². The van der Waals surface area contributed by atoms with Crippen molar-refractivity contribution in [3.8, 4) is 0 Å². The van der Waals surface area contributed by atoms with E-state index in [1.165, 1.54) is 17.7 Å². The summed E-state index contributed by atoms with van der Waals surface area (Å²) >= 11 is 0. The molecular formula is C16H31NO4. The van der Waals surface area contributed by atoms with Gasteiger partial charge in [-0.15, -0.1) is 0 Å². The minimum absolute atomic E-state index is 0.105. The Balaban J connectivity index is 3.84. The highest BCUT2D eigenvalue weighted by Gasteiger charge is 2.10. The number of amides is 1. The van der Waals surface area contributed by atoms with Gasteiger partial charge in [0.1, 0.15) is 0 Å². The Morgan fingerprint density at radius 1 is 1.10 bits per heavy atom. The van der Waals surface area contributed by atoms with Gasteiger partial charge in [-0.1, -0.05) is 44.8 Å². The zero-order valence-electron chi connectivity index (χ0n) is 13.2. The van der Waals surface area contributed by atoms with Crippen molar-refractivity contribution in [2.75, 3.05) is 26.3 Å². The van der Waals surface area contributed by atoms with Gasteiger partial charge in [-0.05, 0) is 12.8 Å². The molecule has 0 saturated carbocycles. The molecule has 0 aliphatic rings. The highest BCUT2D eigenvalue weighted by molar-refractivity contribution is 5.77. The largest absolute Gasteiger partial charge is 0.395 e. The summed E-state index contributed by atoms with van der Waals surface area (Å²) in [6, 6.07) is 0. The molecule has 0 aromatic heterocycles. The van der Waals surface area contributed by atoms with Crippen LogP contribution in [0.2, 0.25) is 0 Å². The average Bonchev–Trinajstić information content (AvgIpc) is 2.47. The smallest absolute Gasteiger partial charge is 0.226 e. The maximum Gasteiger partial charge on any atom is 0.226 e. The van der Waals surface area contributed by atoms with Gasteiger partial charge < -0.3 is 20.2 Å². The van der Waals surface area contributed by atoms with Crippen LogP contribution < -0.4 is 0 Å². The van der Waals surface area contributed by atoms with Crippen molar-refractivity contribution in [3.63, 3.8) is 0 Å². The van der Waals surface area contributed by atoms with Crippen LogP contribution in [-0.4, -0.2) is 58.5 Å². The lowest BCUT2D eigenvalue weighted by atomic mass is 10.1. The van der Waals surface area contributed by atoms with Crippen molar-refractivity contribution in [1.29, 1.82) is 0 Å². The molecule has 3 N–H and O–H groups in total. The van der Waals surface area contributed by atoms with Crippen molar-refractivity contribution in [2.24, 2.45) is 0 Å². The fraction of sp³-hybridized carbons (Fsp3) is 0.812. The quantitative estimate of drug-likeness (QED) is 0.355. The van der Waals surface area contributed by atoms with Gasteiger partial charge in [0.25, 0.3) is 0 Å². The Bertz CT molecular complexity index is 275. The normalized spacial score (nSPS) is 12.8. The number of aliphatic hydroxyl groups excluding tert-OH is 3. The fourth-order valence-electron chi connectivity index (χ4n) is 2.09. The lowest BCUT2D eigenvalue weighted by Gasteiger charge is -2.19. The molecule has 0 saturated heterocycles. The van der Waals surface area contributed by atoms with E-state index in [1.54, 1.807) is 6.08 Å². The minimum atomic E-state index is -0.334. The number of carbonyl (C=O) groups is 1. The van der Waals surface area contributed by atoms with Crippen molar-refractivity contribution in [1.82, 2.24) is 4.90 Å². The summed E-state index contributed by atoms with van der Waals surface area (Å²) in [4.78, 5) is 13.2. The topological polar surface area (TPSA) is 81.0 Å². The first kappa shape index (κ1) is 20.1. The summed E-state index contributed by atoms with van der Waals surface area (Å²) in [5, 5.41) is 27.5. The number of hydrogen-bond donors (Lipinski definition) is 3. The van der Waals surface area contributed by atoms with E-state index in [0.717, 1.165) is 19.3 Å². The Morgan fingerprint density at radius 2 is 1.76 bits per heavy atom. The Kier molecular flexibility index (Phi) is 13.4. The molecule has 0 aliphatic carbocycles. The Hall–Kier alpha value is -0.910. The molecule has 0 radical (unpaired) electrons. The fourth-order valence-corrected chi connectivity index (χ4v) is 2.09. The van der Waals surface area contributed by atoms with Crippen molar-refractivity contribution < 1.29 is 20.1 Å².